The first kappa shape index (κ1) is 23.9. The SMILES string of the molecule is C=CCN(C(=O)OCc1ccccc1)c1cc(C(=O)O)cc(N(C)S(=O)(=O)CCC)c1. The molecule has 0 aliphatic rings. The molecule has 9 heteroatoms. The molecule has 0 radical (unpaired) electrons. The van der Waals surface area contributed by atoms with Gasteiger partial charge in [0.2, 0.25) is 10.0 Å². The Balaban J connectivity index is 2.41. The summed E-state index contributed by atoms with van der Waals surface area (Å²) in [5, 5.41) is 9.50. The van der Waals surface area contributed by atoms with Crippen molar-refractivity contribution < 1.29 is 27.9 Å². The van der Waals surface area contributed by atoms with Crippen LogP contribution >= 0.6 is 0 Å². The van der Waals surface area contributed by atoms with Crippen LogP contribution < -0.4 is 9.21 Å². The highest BCUT2D eigenvalue weighted by Crippen LogP contribution is 2.27. The van der Waals surface area contributed by atoms with Gasteiger partial charge in [-0.25, -0.2) is 18.0 Å². The van der Waals surface area contributed by atoms with Gasteiger partial charge in [0.25, 0.3) is 0 Å². The molecule has 0 saturated heterocycles. The summed E-state index contributed by atoms with van der Waals surface area (Å²) in [6.45, 7) is 5.44. The van der Waals surface area contributed by atoms with Crippen molar-refractivity contribution in [1.82, 2.24) is 0 Å². The lowest BCUT2D eigenvalue weighted by atomic mass is 10.1. The third-order valence-electron chi connectivity index (χ3n) is 4.44. The number of hydrogen-bond donors (Lipinski definition) is 1. The molecule has 0 unspecified atom stereocenters. The van der Waals surface area contributed by atoms with Crippen LogP contribution in [-0.4, -0.2) is 44.9 Å². The van der Waals surface area contributed by atoms with Crippen molar-refractivity contribution in [2.75, 3.05) is 28.6 Å². The number of nitrogens with zero attached hydrogens (tertiary/aromatic N) is 2. The Kier molecular flexibility index (Phi) is 8.21. The monoisotopic (exact) mass is 446 g/mol. The zero-order valence-corrected chi connectivity index (χ0v) is 18.3. The fourth-order valence-corrected chi connectivity index (χ4v) is 4.04. The van der Waals surface area contributed by atoms with Gasteiger partial charge in [0.05, 0.1) is 22.7 Å². The molecule has 0 saturated carbocycles. The number of carboxylic acid groups (broad SMARTS) is 1. The molecule has 2 aromatic rings. The van der Waals surface area contributed by atoms with Crippen molar-refractivity contribution in [3.05, 3.63) is 72.3 Å². The number of ether oxygens (including phenoxy) is 1. The minimum Gasteiger partial charge on any atom is -0.478 e. The summed E-state index contributed by atoms with van der Waals surface area (Å²) in [5.74, 6) is -1.34. The molecule has 0 aromatic heterocycles. The second-order valence-corrected chi connectivity index (χ2v) is 8.89. The van der Waals surface area contributed by atoms with Gasteiger partial charge in [-0.2, -0.15) is 0 Å². The third-order valence-corrected chi connectivity index (χ3v) is 6.41. The number of carbonyl (C=O) groups excluding carboxylic acids is 1. The van der Waals surface area contributed by atoms with Crippen molar-refractivity contribution in [2.24, 2.45) is 0 Å². The van der Waals surface area contributed by atoms with Crippen LogP contribution in [0, 0.1) is 0 Å². The second kappa shape index (κ2) is 10.6. The summed E-state index contributed by atoms with van der Waals surface area (Å²) in [4.78, 5) is 25.6. The van der Waals surface area contributed by atoms with E-state index in [0.717, 1.165) is 9.87 Å². The number of sulfonamides is 1. The molecule has 0 fully saturated rings. The highest BCUT2D eigenvalue weighted by Gasteiger charge is 2.23. The molecule has 0 aliphatic heterocycles. The molecular formula is C22H26N2O6S. The summed E-state index contributed by atoms with van der Waals surface area (Å²) < 4.78 is 31.3. The fraction of sp³-hybridized carbons (Fsp3) is 0.273. The van der Waals surface area contributed by atoms with E-state index >= 15 is 0 Å². The Morgan fingerprint density at radius 2 is 1.77 bits per heavy atom. The molecule has 0 aliphatic carbocycles. The summed E-state index contributed by atoms with van der Waals surface area (Å²) in [6.07, 6.45) is 1.16. The Morgan fingerprint density at radius 3 is 2.35 bits per heavy atom. The first-order valence-electron chi connectivity index (χ1n) is 9.63. The van der Waals surface area contributed by atoms with E-state index in [2.05, 4.69) is 6.58 Å². The van der Waals surface area contributed by atoms with Gasteiger partial charge in [-0.15, -0.1) is 6.58 Å². The normalized spacial score (nSPS) is 10.9. The van der Waals surface area contributed by atoms with E-state index < -0.39 is 22.1 Å². The Hall–Kier alpha value is -3.33. The fourth-order valence-electron chi connectivity index (χ4n) is 2.82. The smallest absolute Gasteiger partial charge is 0.414 e. The predicted molar refractivity (Wildman–Crippen MR) is 120 cm³/mol. The number of carboxylic acids is 1. The molecule has 31 heavy (non-hydrogen) atoms. The highest BCUT2D eigenvalue weighted by atomic mass is 32.2. The van der Waals surface area contributed by atoms with Crippen molar-refractivity contribution in [1.29, 1.82) is 0 Å². The number of rotatable bonds is 10. The van der Waals surface area contributed by atoms with Crippen LogP contribution in [0.1, 0.15) is 29.3 Å². The summed E-state index contributed by atoms with van der Waals surface area (Å²) >= 11 is 0. The number of aromatic carboxylic acids is 1. The maximum atomic E-state index is 12.7. The topological polar surface area (TPSA) is 104 Å². The maximum absolute atomic E-state index is 12.7. The quantitative estimate of drug-likeness (QED) is 0.555. The van der Waals surface area contributed by atoms with E-state index in [1.54, 1.807) is 6.92 Å². The third kappa shape index (κ3) is 6.32. The molecule has 8 nitrogen and oxygen atoms in total. The summed E-state index contributed by atoms with van der Waals surface area (Å²) in [7, 11) is -2.29. The van der Waals surface area contributed by atoms with Gasteiger partial charge in [-0.1, -0.05) is 43.3 Å². The number of carbonyl (C=O) groups is 2. The molecule has 2 aromatic carbocycles. The van der Waals surface area contributed by atoms with Gasteiger partial charge in [-0.3, -0.25) is 9.21 Å². The summed E-state index contributed by atoms with van der Waals surface area (Å²) in [5.41, 5.74) is 0.954. The van der Waals surface area contributed by atoms with Crippen LogP contribution in [0.2, 0.25) is 0 Å². The average molecular weight is 447 g/mol. The molecular weight excluding hydrogens is 420 g/mol. The molecule has 1 N–H and O–H groups in total. The molecule has 2 rings (SSSR count). The Morgan fingerprint density at radius 1 is 1.13 bits per heavy atom. The van der Waals surface area contributed by atoms with Crippen LogP contribution in [0.15, 0.2) is 61.2 Å². The van der Waals surface area contributed by atoms with Gasteiger partial charge in [0.15, 0.2) is 0 Å². The van der Waals surface area contributed by atoms with Crippen LogP contribution in [0.25, 0.3) is 0 Å². The summed E-state index contributed by atoms with van der Waals surface area (Å²) in [6, 6.07) is 13.1. The molecule has 1 amide bonds. The molecule has 0 bridgehead atoms. The first-order valence-corrected chi connectivity index (χ1v) is 11.2. The first-order chi connectivity index (χ1) is 14.7. The lowest BCUT2D eigenvalue weighted by Gasteiger charge is -2.25. The van der Waals surface area contributed by atoms with E-state index in [1.165, 1.54) is 36.2 Å². The van der Waals surface area contributed by atoms with Crippen molar-refractivity contribution in [3.63, 3.8) is 0 Å². The number of hydrogen-bond acceptors (Lipinski definition) is 5. The maximum Gasteiger partial charge on any atom is 0.414 e. The molecule has 0 heterocycles. The lowest BCUT2D eigenvalue weighted by molar-refractivity contribution is 0.0696. The zero-order valence-electron chi connectivity index (χ0n) is 17.5. The Labute approximate surface area is 182 Å². The number of benzene rings is 2. The van der Waals surface area contributed by atoms with E-state index in [9.17, 15) is 23.1 Å². The van der Waals surface area contributed by atoms with Gasteiger partial charge in [0, 0.05) is 13.6 Å². The zero-order chi connectivity index (χ0) is 23.0. The van der Waals surface area contributed by atoms with E-state index in [1.807, 2.05) is 30.3 Å². The van der Waals surface area contributed by atoms with Crippen molar-refractivity contribution in [3.8, 4) is 0 Å². The van der Waals surface area contributed by atoms with Gasteiger partial charge < -0.3 is 9.84 Å². The van der Waals surface area contributed by atoms with Crippen LogP contribution in [0.4, 0.5) is 16.2 Å². The highest BCUT2D eigenvalue weighted by molar-refractivity contribution is 7.92. The van der Waals surface area contributed by atoms with Gasteiger partial charge >= 0.3 is 12.1 Å². The second-order valence-electron chi connectivity index (χ2n) is 6.77. The van der Waals surface area contributed by atoms with E-state index in [-0.39, 0.29) is 35.8 Å². The van der Waals surface area contributed by atoms with Gasteiger partial charge in [0.1, 0.15) is 6.61 Å². The predicted octanol–water partition coefficient (Wildman–Crippen LogP) is 3.89. The standard InChI is InChI=1S/C22H26N2O6S/c1-4-11-24(22(27)30-16-17-9-7-6-8-10-17)20-14-18(21(25)26)13-19(15-20)23(3)31(28,29)12-5-2/h4,6-10,13-15H,1,5,11-12,16H2,2-3H3,(H,25,26). The van der Waals surface area contributed by atoms with Crippen LogP contribution in [0.3, 0.4) is 0 Å². The molecule has 0 spiro atoms. The van der Waals surface area contributed by atoms with Crippen LogP contribution in [-0.2, 0) is 21.4 Å². The van der Waals surface area contributed by atoms with E-state index in [4.69, 9.17) is 4.74 Å². The van der Waals surface area contributed by atoms with Crippen molar-refractivity contribution >= 4 is 33.5 Å². The van der Waals surface area contributed by atoms with E-state index in [0.29, 0.717) is 6.42 Å². The molecule has 0 atom stereocenters. The molecule has 166 valence electrons. The van der Waals surface area contributed by atoms with Gasteiger partial charge in [-0.05, 0) is 30.2 Å². The largest absolute Gasteiger partial charge is 0.478 e. The van der Waals surface area contributed by atoms with Crippen molar-refractivity contribution in [2.45, 2.75) is 20.0 Å². The lowest BCUT2D eigenvalue weighted by Crippen LogP contribution is -2.33. The number of anilines is 2. The minimum atomic E-state index is -3.64. The number of amides is 1. The average Bonchev–Trinajstić information content (AvgIpc) is 2.75. The Bertz CT molecular complexity index is 1040. The van der Waals surface area contributed by atoms with Crippen LogP contribution in [0.5, 0.6) is 0 Å². The minimum absolute atomic E-state index is 0.0313.